The first-order valence-corrected chi connectivity index (χ1v) is 7.74. The van der Waals surface area contributed by atoms with Crippen molar-refractivity contribution in [1.29, 1.82) is 0 Å². The molecule has 1 fully saturated rings. The zero-order valence-electron chi connectivity index (χ0n) is 11.0. The first kappa shape index (κ1) is 14.2. The van der Waals surface area contributed by atoms with Crippen molar-refractivity contribution in [2.24, 2.45) is 0 Å². The fourth-order valence-electron chi connectivity index (χ4n) is 2.18. The molecule has 1 aliphatic rings. The quantitative estimate of drug-likeness (QED) is 0.858. The van der Waals surface area contributed by atoms with E-state index in [0.29, 0.717) is 30.8 Å². The summed E-state index contributed by atoms with van der Waals surface area (Å²) in [5.41, 5.74) is 0.0953. The molecule has 0 radical (unpaired) electrons. The van der Waals surface area contributed by atoms with E-state index in [1.807, 2.05) is 6.92 Å². The van der Waals surface area contributed by atoms with Crippen molar-refractivity contribution >= 4 is 10.0 Å². The fraction of sp³-hybridized carbons (Fsp3) is 0.429. The summed E-state index contributed by atoms with van der Waals surface area (Å²) in [6, 6.07) is 6.83. The van der Waals surface area contributed by atoms with Gasteiger partial charge in [-0.05, 0) is 31.9 Å². The van der Waals surface area contributed by atoms with Gasteiger partial charge >= 0.3 is 0 Å². The lowest BCUT2D eigenvalue weighted by Gasteiger charge is -2.35. The largest absolute Gasteiger partial charge is 0.386 e. The molecule has 0 unspecified atom stereocenters. The maximum atomic E-state index is 12.4. The van der Waals surface area contributed by atoms with Gasteiger partial charge in [-0.25, -0.2) is 8.42 Å². The average Bonchev–Trinajstić information content (AvgIpc) is 2.40. The van der Waals surface area contributed by atoms with Gasteiger partial charge in [-0.1, -0.05) is 23.8 Å². The standard InChI is InChI=1S/C14H19NO3S/c1-3-14(16)8-10-15(11-9-14)19(17,18)13-6-4-12(2)5-7-13/h3-7,16H,1,8-11H2,2H3. The first-order valence-electron chi connectivity index (χ1n) is 6.30. The Kier molecular flexibility index (Phi) is 3.80. The molecule has 5 heteroatoms. The summed E-state index contributed by atoms with van der Waals surface area (Å²) in [6.45, 7) is 6.15. The molecule has 1 aromatic carbocycles. The van der Waals surface area contributed by atoms with Crippen LogP contribution in [-0.2, 0) is 10.0 Å². The van der Waals surface area contributed by atoms with Gasteiger partial charge < -0.3 is 5.11 Å². The predicted molar refractivity (Wildman–Crippen MR) is 74.3 cm³/mol. The zero-order valence-corrected chi connectivity index (χ0v) is 11.9. The van der Waals surface area contributed by atoms with Crippen molar-refractivity contribution in [3.8, 4) is 0 Å². The third kappa shape index (κ3) is 2.88. The molecule has 1 N–H and O–H groups in total. The Balaban J connectivity index is 2.18. The van der Waals surface area contributed by atoms with Crippen LogP contribution in [0.5, 0.6) is 0 Å². The minimum Gasteiger partial charge on any atom is -0.386 e. The van der Waals surface area contributed by atoms with Gasteiger partial charge in [0.2, 0.25) is 10.0 Å². The van der Waals surface area contributed by atoms with Crippen LogP contribution in [0.25, 0.3) is 0 Å². The van der Waals surface area contributed by atoms with Crippen LogP contribution in [0.1, 0.15) is 18.4 Å². The van der Waals surface area contributed by atoms with Crippen LogP contribution in [0.3, 0.4) is 0 Å². The molecule has 0 bridgehead atoms. The number of piperidine rings is 1. The highest BCUT2D eigenvalue weighted by molar-refractivity contribution is 7.89. The van der Waals surface area contributed by atoms with Gasteiger partial charge in [-0.15, -0.1) is 6.58 Å². The number of aryl methyl sites for hydroxylation is 1. The van der Waals surface area contributed by atoms with Crippen molar-refractivity contribution in [3.63, 3.8) is 0 Å². The average molecular weight is 281 g/mol. The third-order valence-corrected chi connectivity index (χ3v) is 5.54. The van der Waals surface area contributed by atoms with Crippen LogP contribution in [0.2, 0.25) is 0 Å². The first-order chi connectivity index (χ1) is 8.87. The van der Waals surface area contributed by atoms with E-state index in [4.69, 9.17) is 0 Å². The Morgan fingerprint density at radius 1 is 1.26 bits per heavy atom. The van der Waals surface area contributed by atoms with Gasteiger partial charge in [-0.2, -0.15) is 4.31 Å². The summed E-state index contributed by atoms with van der Waals surface area (Å²) in [6.07, 6.45) is 2.28. The Bertz CT molecular complexity index is 555. The third-order valence-electron chi connectivity index (χ3n) is 3.63. The summed E-state index contributed by atoms with van der Waals surface area (Å²) in [5.74, 6) is 0. The molecule has 19 heavy (non-hydrogen) atoms. The van der Waals surface area contributed by atoms with Crippen LogP contribution in [0.15, 0.2) is 41.8 Å². The van der Waals surface area contributed by atoms with E-state index in [-0.39, 0.29) is 0 Å². The number of rotatable bonds is 3. The highest BCUT2D eigenvalue weighted by Gasteiger charge is 2.34. The van der Waals surface area contributed by atoms with E-state index in [9.17, 15) is 13.5 Å². The van der Waals surface area contributed by atoms with Gasteiger partial charge in [0.05, 0.1) is 10.5 Å². The lowest BCUT2D eigenvalue weighted by molar-refractivity contribution is 0.0400. The maximum Gasteiger partial charge on any atom is 0.243 e. The van der Waals surface area contributed by atoms with Gasteiger partial charge in [0.25, 0.3) is 0 Å². The Morgan fingerprint density at radius 2 is 1.79 bits per heavy atom. The molecular weight excluding hydrogens is 262 g/mol. The summed E-state index contributed by atoms with van der Waals surface area (Å²) >= 11 is 0. The Morgan fingerprint density at radius 3 is 2.26 bits per heavy atom. The SMILES string of the molecule is C=CC1(O)CCN(S(=O)(=O)c2ccc(C)cc2)CC1. The monoisotopic (exact) mass is 281 g/mol. The normalized spacial score (nSPS) is 20.1. The van der Waals surface area contributed by atoms with Crippen LogP contribution in [0.4, 0.5) is 0 Å². The van der Waals surface area contributed by atoms with E-state index in [2.05, 4.69) is 6.58 Å². The number of hydrogen-bond donors (Lipinski definition) is 1. The van der Waals surface area contributed by atoms with Crippen LogP contribution < -0.4 is 0 Å². The zero-order chi connectivity index (χ0) is 14.1. The Labute approximate surface area is 114 Å². The van der Waals surface area contributed by atoms with Crippen LogP contribution >= 0.6 is 0 Å². The second-order valence-corrected chi connectivity index (χ2v) is 6.96. The van der Waals surface area contributed by atoms with E-state index < -0.39 is 15.6 Å². The molecule has 1 saturated heterocycles. The highest BCUT2D eigenvalue weighted by Crippen LogP contribution is 2.27. The number of aliphatic hydroxyl groups is 1. The topological polar surface area (TPSA) is 57.6 Å². The van der Waals surface area contributed by atoms with Crippen molar-refractivity contribution in [2.75, 3.05) is 13.1 Å². The maximum absolute atomic E-state index is 12.4. The van der Waals surface area contributed by atoms with Gasteiger partial charge in [0.15, 0.2) is 0 Å². The molecule has 104 valence electrons. The second kappa shape index (κ2) is 5.07. The molecular formula is C14H19NO3S. The van der Waals surface area contributed by atoms with Crippen LogP contribution in [-0.4, -0.2) is 36.5 Å². The molecule has 1 aromatic rings. The molecule has 0 spiro atoms. The number of sulfonamides is 1. The molecule has 2 rings (SSSR count). The summed E-state index contributed by atoms with van der Waals surface area (Å²) in [4.78, 5) is 0.308. The molecule has 0 saturated carbocycles. The number of nitrogens with zero attached hydrogens (tertiary/aromatic N) is 1. The highest BCUT2D eigenvalue weighted by atomic mass is 32.2. The van der Waals surface area contributed by atoms with E-state index >= 15 is 0 Å². The lowest BCUT2D eigenvalue weighted by Crippen LogP contribution is -2.45. The van der Waals surface area contributed by atoms with Crippen molar-refractivity contribution in [1.82, 2.24) is 4.31 Å². The minimum absolute atomic E-state index is 0.308. The molecule has 0 aliphatic carbocycles. The van der Waals surface area contributed by atoms with Crippen molar-refractivity contribution in [2.45, 2.75) is 30.3 Å². The molecule has 1 heterocycles. The summed E-state index contributed by atoms with van der Waals surface area (Å²) in [5, 5.41) is 10.0. The predicted octanol–water partition coefficient (Wildman–Crippen LogP) is 1.70. The molecule has 1 aliphatic heterocycles. The molecule has 4 nitrogen and oxygen atoms in total. The van der Waals surface area contributed by atoms with Gasteiger partial charge in [0, 0.05) is 13.1 Å². The van der Waals surface area contributed by atoms with E-state index in [1.54, 1.807) is 24.3 Å². The van der Waals surface area contributed by atoms with Gasteiger partial charge in [0.1, 0.15) is 0 Å². The summed E-state index contributed by atoms with van der Waals surface area (Å²) < 4.78 is 26.3. The van der Waals surface area contributed by atoms with Gasteiger partial charge in [-0.3, -0.25) is 0 Å². The molecule has 0 atom stereocenters. The number of hydrogen-bond acceptors (Lipinski definition) is 3. The lowest BCUT2D eigenvalue weighted by atomic mass is 9.93. The van der Waals surface area contributed by atoms with Crippen molar-refractivity contribution < 1.29 is 13.5 Å². The fourth-order valence-corrected chi connectivity index (χ4v) is 3.62. The molecule has 0 aromatic heterocycles. The van der Waals surface area contributed by atoms with Crippen molar-refractivity contribution in [3.05, 3.63) is 42.5 Å². The molecule has 0 amide bonds. The Hall–Kier alpha value is -1.17. The minimum atomic E-state index is -3.45. The summed E-state index contributed by atoms with van der Waals surface area (Å²) in [7, 11) is -3.45. The van der Waals surface area contributed by atoms with E-state index in [1.165, 1.54) is 10.4 Å². The van der Waals surface area contributed by atoms with E-state index in [0.717, 1.165) is 5.56 Å². The van der Waals surface area contributed by atoms with Crippen LogP contribution in [0, 0.1) is 6.92 Å². The smallest absolute Gasteiger partial charge is 0.243 e. The number of benzene rings is 1. The second-order valence-electron chi connectivity index (χ2n) is 5.02.